The first kappa shape index (κ1) is 15.8. The van der Waals surface area contributed by atoms with E-state index >= 15 is 0 Å². The van der Waals surface area contributed by atoms with E-state index in [0.717, 1.165) is 11.1 Å². The summed E-state index contributed by atoms with van der Waals surface area (Å²) in [6.45, 7) is 3.52. The van der Waals surface area contributed by atoms with Crippen LogP contribution in [0.4, 0.5) is 0 Å². The maximum atomic E-state index is 11.2. The number of esters is 1. The van der Waals surface area contributed by atoms with Gasteiger partial charge in [0.1, 0.15) is 18.4 Å². The van der Waals surface area contributed by atoms with Crippen molar-refractivity contribution in [2.75, 3.05) is 0 Å². The quantitative estimate of drug-likeness (QED) is 0.465. The SMILES string of the molecule is CC(=O)OC(C)/C(=N/OCc1ccccc1)c1ccccc1. The molecule has 4 nitrogen and oxygen atoms in total. The van der Waals surface area contributed by atoms with E-state index in [4.69, 9.17) is 9.57 Å². The fourth-order valence-corrected chi connectivity index (χ4v) is 2.03. The number of hydrogen-bond acceptors (Lipinski definition) is 4. The second-order valence-corrected chi connectivity index (χ2v) is 4.85. The average Bonchev–Trinajstić information content (AvgIpc) is 2.52. The Balaban J connectivity index is 2.13. The smallest absolute Gasteiger partial charge is 0.303 e. The van der Waals surface area contributed by atoms with Crippen molar-refractivity contribution in [3.05, 3.63) is 71.8 Å². The van der Waals surface area contributed by atoms with Gasteiger partial charge in [0.15, 0.2) is 0 Å². The van der Waals surface area contributed by atoms with E-state index in [9.17, 15) is 4.79 Å². The number of rotatable bonds is 6. The lowest BCUT2D eigenvalue weighted by molar-refractivity contribution is -0.142. The van der Waals surface area contributed by atoms with Gasteiger partial charge in [-0.3, -0.25) is 4.79 Å². The summed E-state index contributed by atoms with van der Waals surface area (Å²) >= 11 is 0. The highest BCUT2D eigenvalue weighted by Crippen LogP contribution is 2.10. The minimum atomic E-state index is -0.476. The van der Waals surface area contributed by atoms with Crippen LogP contribution in [0.1, 0.15) is 25.0 Å². The summed E-state index contributed by atoms with van der Waals surface area (Å²) in [6.07, 6.45) is -0.476. The van der Waals surface area contributed by atoms with Gasteiger partial charge < -0.3 is 9.57 Å². The van der Waals surface area contributed by atoms with E-state index in [1.165, 1.54) is 6.92 Å². The first-order valence-electron chi connectivity index (χ1n) is 7.13. The van der Waals surface area contributed by atoms with Crippen LogP contribution in [0.2, 0.25) is 0 Å². The Bertz CT molecular complexity index is 623. The fraction of sp³-hybridized carbons (Fsp3) is 0.222. The predicted molar refractivity (Wildman–Crippen MR) is 85.4 cm³/mol. The summed E-state index contributed by atoms with van der Waals surface area (Å²) in [5.41, 5.74) is 2.48. The molecular formula is C18H19NO3. The van der Waals surface area contributed by atoms with Gasteiger partial charge in [0, 0.05) is 12.5 Å². The average molecular weight is 297 g/mol. The van der Waals surface area contributed by atoms with Crippen molar-refractivity contribution in [3.63, 3.8) is 0 Å². The molecule has 0 fully saturated rings. The fourth-order valence-electron chi connectivity index (χ4n) is 2.03. The first-order chi connectivity index (χ1) is 10.7. The molecule has 22 heavy (non-hydrogen) atoms. The van der Waals surface area contributed by atoms with Gasteiger partial charge in [-0.05, 0) is 12.5 Å². The minimum Gasteiger partial charge on any atom is -0.456 e. The number of carbonyl (C=O) groups is 1. The molecule has 1 unspecified atom stereocenters. The zero-order valence-electron chi connectivity index (χ0n) is 12.7. The Hall–Kier alpha value is -2.62. The number of hydrogen-bond donors (Lipinski definition) is 0. The van der Waals surface area contributed by atoms with Gasteiger partial charge in [-0.25, -0.2) is 0 Å². The van der Waals surface area contributed by atoms with Crippen LogP contribution in [0.15, 0.2) is 65.8 Å². The molecule has 1 atom stereocenters. The van der Waals surface area contributed by atoms with Crippen LogP contribution in [0, 0.1) is 0 Å². The van der Waals surface area contributed by atoms with Crippen molar-refractivity contribution >= 4 is 11.7 Å². The van der Waals surface area contributed by atoms with E-state index in [-0.39, 0.29) is 5.97 Å². The van der Waals surface area contributed by atoms with Crippen molar-refractivity contribution in [1.82, 2.24) is 0 Å². The highest BCUT2D eigenvalue weighted by atomic mass is 16.6. The molecule has 0 heterocycles. The number of benzene rings is 2. The molecule has 2 aromatic carbocycles. The summed E-state index contributed by atoms with van der Waals surface area (Å²) in [4.78, 5) is 16.6. The number of ether oxygens (including phenoxy) is 1. The molecule has 0 N–H and O–H groups in total. The van der Waals surface area contributed by atoms with Gasteiger partial charge in [0.2, 0.25) is 0 Å². The largest absolute Gasteiger partial charge is 0.456 e. The van der Waals surface area contributed by atoms with Crippen molar-refractivity contribution in [3.8, 4) is 0 Å². The number of carbonyl (C=O) groups excluding carboxylic acids is 1. The second kappa shape index (κ2) is 7.98. The Morgan fingerprint density at radius 2 is 1.64 bits per heavy atom. The van der Waals surface area contributed by atoms with E-state index in [1.54, 1.807) is 6.92 Å². The van der Waals surface area contributed by atoms with E-state index in [2.05, 4.69) is 5.16 Å². The lowest BCUT2D eigenvalue weighted by Gasteiger charge is -2.14. The van der Waals surface area contributed by atoms with Crippen LogP contribution in [0.3, 0.4) is 0 Å². The van der Waals surface area contributed by atoms with Crippen LogP contribution in [-0.4, -0.2) is 17.8 Å². The third kappa shape index (κ3) is 4.74. The first-order valence-corrected chi connectivity index (χ1v) is 7.13. The molecule has 2 rings (SSSR count). The van der Waals surface area contributed by atoms with Crippen LogP contribution in [-0.2, 0) is 21.0 Å². The molecule has 0 aromatic heterocycles. The maximum Gasteiger partial charge on any atom is 0.303 e. The predicted octanol–water partition coefficient (Wildman–Crippen LogP) is 3.56. The molecular weight excluding hydrogens is 278 g/mol. The highest BCUT2D eigenvalue weighted by molar-refractivity contribution is 6.03. The lowest BCUT2D eigenvalue weighted by atomic mass is 10.1. The molecule has 0 aliphatic rings. The Morgan fingerprint density at radius 3 is 2.23 bits per heavy atom. The van der Waals surface area contributed by atoms with Gasteiger partial charge in [-0.2, -0.15) is 0 Å². The third-order valence-electron chi connectivity index (χ3n) is 3.03. The van der Waals surface area contributed by atoms with Crippen molar-refractivity contribution in [1.29, 1.82) is 0 Å². The Kier molecular flexibility index (Phi) is 5.72. The van der Waals surface area contributed by atoms with Gasteiger partial charge in [-0.15, -0.1) is 0 Å². The lowest BCUT2D eigenvalue weighted by Crippen LogP contribution is -2.24. The zero-order chi connectivity index (χ0) is 15.8. The van der Waals surface area contributed by atoms with Gasteiger partial charge in [-0.1, -0.05) is 65.8 Å². The van der Waals surface area contributed by atoms with E-state index in [0.29, 0.717) is 12.3 Å². The van der Waals surface area contributed by atoms with Crippen molar-refractivity contribution < 1.29 is 14.4 Å². The number of nitrogens with zero attached hydrogens (tertiary/aromatic N) is 1. The topological polar surface area (TPSA) is 47.9 Å². The molecule has 0 aliphatic heterocycles. The molecule has 4 heteroatoms. The molecule has 0 amide bonds. The number of oxime groups is 1. The van der Waals surface area contributed by atoms with E-state index < -0.39 is 6.10 Å². The van der Waals surface area contributed by atoms with E-state index in [1.807, 2.05) is 60.7 Å². The van der Waals surface area contributed by atoms with Crippen LogP contribution in [0.25, 0.3) is 0 Å². The molecule has 0 saturated carbocycles. The maximum absolute atomic E-state index is 11.2. The van der Waals surface area contributed by atoms with Gasteiger partial charge >= 0.3 is 5.97 Å². The normalized spacial score (nSPS) is 12.5. The zero-order valence-corrected chi connectivity index (χ0v) is 12.7. The van der Waals surface area contributed by atoms with Gasteiger partial charge in [0.05, 0.1) is 0 Å². The molecule has 2 aromatic rings. The van der Waals surface area contributed by atoms with Crippen LogP contribution < -0.4 is 0 Å². The highest BCUT2D eigenvalue weighted by Gasteiger charge is 2.16. The third-order valence-corrected chi connectivity index (χ3v) is 3.03. The molecule has 0 spiro atoms. The molecule has 114 valence electrons. The summed E-state index contributed by atoms with van der Waals surface area (Å²) in [5.74, 6) is -0.348. The summed E-state index contributed by atoms with van der Waals surface area (Å²) in [7, 11) is 0. The minimum absolute atomic E-state index is 0.348. The molecule has 0 saturated heterocycles. The van der Waals surface area contributed by atoms with Crippen LogP contribution >= 0.6 is 0 Å². The summed E-state index contributed by atoms with van der Waals surface area (Å²) in [5, 5.41) is 4.18. The summed E-state index contributed by atoms with van der Waals surface area (Å²) < 4.78 is 5.22. The standard InChI is InChI=1S/C18H19NO3/c1-14(22-15(2)20)18(17-11-7-4-8-12-17)19-21-13-16-9-5-3-6-10-16/h3-12,14H,13H2,1-2H3/b19-18-. The summed E-state index contributed by atoms with van der Waals surface area (Å²) in [6, 6.07) is 19.3. The van der Waals surface area contributed by atoms with Crippen LogP contribution in [0.5, 0.6) is 0 Å². The molecule has 0 bridgehead atoms. The van der Waals surface area contributed by atoms with Crippen molar-refractivity contribution in [2.24, 2.45) is 5.16 Å². The Morgan fingerprint density at radius 1 is 1.05 bits per heavy atom. The Labute approximate surface area is 130 Å². The molecule has 0 aliphatic carbocycles. The van der Waals surface area contributed by atoms with Crippen molar-refractivity contribution in [2.45, 2.75) is 26.6 Å². The second-order valence-electron chi connectivity index (χ2n) is 4.85. The monoisotopic (exact) mass is 297 g/mol. The molecule has 0 radical (unpaired) electrons. The van der Waals surface area contributed by atoms with Gasteiger partial charge in [0.25, 0.3) is 0 Å².